The molecule has 2 unspecified atom stereocenters. The van der Waals surface area contributed by atoms with Gasteiger partial charge in [0.1, 0.15) is 11.9 Å². The zero-order valence-electron chi connectivity index (χ0n) is 11.8. The first-order valence-electron chi connectivity index (χ1n) is 6.38. The third-order valence-corrected chi connectivity index (χ3v) is 2.87. The SMILES string of the molecule is COC(=O)C(CC(C)C)NC(C)c1cncc(F)c1. The molecule has 5 heteroatoms. The molecule has 1 N–H and O–H groups in total. The van der Waals surface area contributed by atoms with E-state index in [0.29, 0.717) is 17.9 Å². The van der Waals surface area contributed by atoms with E-state index in [1.807, 2.05) is 20.8 Å². The number of hydrogen-bond donors (Lipinski definition) is 1. The van der Waals surface area contributed by atoms with Crippen molar-refractivity contribution in [2.45, 2.75) is 39.3 Å². The molecule has 0 amide bonds. The zero-order valence-corrected chi connectivity index (χ0v) is 11.8. The maximum absolute atomic E-state index is 13.1. The first-order chi connectivity index (χ1) is 8.93. The van der Waals surface area contributed by atoms with Crippen LogP contribution in [-0.4, -0.2) is 24.1 Å². The number of nitrogens with zero attached hydrogens (tertiary/aromatic N) is 1. The van der Waals surface area contributed by atoms with Gasteiger partial charge in [0.05, 0.1) is 13.3 Å². The summed E-state index contributed by atoms with van der Waals surface area (Å²) in [7, 11) is 1.37. The normalized spacial score (nSPS) is 14.2. The van der Waals surface area contributed by atoms with Gasteiger partial charge in [-0.15, -0.1) is 0 Å². The highest BCUT2D eigenvalue weighted by atomic mass is 19.1. The van der Waals surface area contributed by atoms with Gasteiger partial charge in [-0.25, -0.2) is 4.39 Å². The van der Waals surface area contributed by atoms with Crippen LogP contribution in [0, 0.1) is 11.7 Å². The number of carbonyl (C=O) groups excluding carboxylic acids is 1. The lowest BCUT2D eigenvalue weighted by Gasteiger charge is -2.23. The molecule has 0 spiro atoms. The van der Waals surface area contributed by atoms with Crippen LogP contribution in [0.5, 0.6) is 0 Å². The van der Waals surface area contributed by atoms with Crippen molar-refractivity contribution in [2.75, 3.05) is 7.11 Å². The Kier molecular flexibility index (Phi) is 5.89. The second kappa shape index (κ2) is 7.19. The fourth-order valence-corrected chi connectivity index (χ4v) is 1.91. The van der Waals surface area contributed by atoms with Gasteiger partial charge in [-0.2, -0.15) is 0 Å². The largest absolute Gasteiger partial charge is 0.468 e. The summed E-state index contributed by atoms with van der Waals surface area (Å²) in [6.45, 7) is 5.94. The molecule has 0 aromatic carbocycles. The van der Waals surface area contributed by atoms with Crippen LogP contribution in [0.1, 0.15) is 38.8 Å². The van der Waals surface area contributed by atoms with Crippen LogP contribution in [0.25, 0.3) is 0 Å². The lowest BCUT2D eigenvalue weighted by atomic mass is 10.0. The summed E-state index contributed by atoms with van der Waals surface area (Å²) in [6, 6.07) is 0.836. The van der Waals surface area contributed by atoms with Gasteiger partial charge < -0.3 is 4.74 Å². The number of methoxy groups -OCH3 is 1. The number of halogens is 1. The fourth-order valence-electron chi connectivity index (χ4n) is 1.91. The van der Waals surface area contributed by atoms with Gasteiger partial charge >= 0.3 is 5.97 Å². The fraction of sp³-hybridized carbons (Fsp3) is 0.571. The predicted molar refractivity (Wildman–Crippen MR) is 71.0 cm³/mol. The minimum absolute atomic E-state index is 0.175. The number of carbonyl (C=O) groups is 1. The van der Waals surface area contributed by atoms with Crippen LogP contribution in [0.2, 0.25) is 0 Å². The van der Waals surface area contributed by atoms with E-state index in [2.05, 4.69) is 10.3 Å². The van der Waals surface area contributed by atoms with Crippen LogP contribution in [0.3, 0.4) is 0 Å². The Morgan fingerprint density at radius 1 is 1.42 bits per heavy atom. The van der Waals surface area contributed by atoms with Crippen molar-refractivity contribution in [3.8, 4) is 0 Å². The zero-order chi connectivity index (χ0) is 14.4. The summed E-state index contributed by atoms with van der Waals surface area (Å²) in [6.07, 6.45) is 3.41. The van der Waals surface area contributed by atoms with E-state index in [-0.39, 0.29) is 17.8 Å². The van der Waals surface area contributed by atoms with E-state index in [9.17, 15) is 9.18 Å². The summed E-state index contributed by atoms with van der Waals surface area (Å²) >= 11 is 0. The maximum Gasteiger partial charge on any atom is 0.322 e. The van der Waals surface area contributed by atoms with Crippen molar-refractivity contribution in [3.05, 3.63) is 29.8 Å². The Morgan fingerprint density at radius 2 is 2.11 bits per heavy atom. The molecule has 0 aliphatic carbocycles. The summed E-state index contributed by atoms with van der Waals surface area (Å²) in [5.41, 5.74) is 0.706. The molecule has 0 aliphatic heterocycles. The lowest BCUT2D eigenvalue weighted by molar-refractivity contribution is -0.143. The molecule has 1 heterocycles. The number of ether oxygens (including phenoxy) is 1. The van der Waals surface area contributed by atoms with Gasteiger partial charge in [-0.3, -0.25) is 15.1 Å². The van der Waals surface area contributed by atoms with Crippen molar-refractivity contribution in [2.24, 2.45) is 5.92 Å². The number of rotatable bonds is 6. The molecule has 19 heavy (non-hydrogen) atoms. The number of esters is 1. The van der Waals surface area contributed by atoms with Gasteiger partial charge in [0.25, 0.3) is 0 Å². The lowest BCUT2D eigenvalue weighted by Crippen LogP contribution is -2.40. The second-order valence-corrected chi connectivity index (χ2v) is 5.03. The van der Waals surface area contributed by atoms with E-state index in [4.69, 9.17) is 4.74 Å². The number of hydrogen-bond acceptors (Lipinski definition) is 4. The van der Waals surface area contributed by atoms with Crippen molar-refractivity contribution in [1.82, 2.24) is 10.3 Å². The quantitative estimate of drug-likeness (QED) is 0.805. The average molecular weight is 268 g/mol. The van der Waals surface area contributed by atoms with Crippen LogP contribution in [0.4, 0.5) is 4.39 Å². The molecule has 2 atom stereocenters. The van der Waals surface area contributed by atoms with E-state index < -0.39 is 6.04 Å². The van der Waals surface area contributed by atoms with E-state index in [1.165, 1.54) is 13.2 Å². The molecule has 0 fully saturated rings. The highest BCUT2D eigenvalue weighted by Gasteiger charge is 2.22. The Morgan fingerprint density at radius 3 is 2.63 bits per heavy atom. The summed E-state index contributed by atoms with van der Waals surface area (Å²) in [4.78, 5) is 15.5. The highest BCUT2D eigenvalue weighted by molar-refractivity contribution is 5.75. The van der Waals surface area contributed by atoms with Gasteiger partial charge in [0.15, 0.2) is 0 Å². The van der Waals surface area contributed by atoms with E-state index >= 15 is 0 Å². The van der Waals surface area contributed by atoms with Gasteiger partial charge in [-0.1, -0.05) is 13.8 Å². The average Bonchev–Trinajstić information content (AvgIpc) is 2.36. The Hall–Kier alpha value is -1.49. The minimum Gasteiger partial charge on any atom is -0.468 e. The molecule has 106 valence electrons. The van der Waals surface area contributed by atoms with E-state index in [1.54, 1.807) is 6.20 Å². The molecular weight excluding hydrogens is 247 g/mol. The van der Waals surface area contributed by atoms with Crippen molar-refractivity contribution in [1.29, 1.82) is 0 Å². The van der Waals surface area contributed by atoms with E-state index in [0.717, 1.165) is 6.20 Å². The first kappa shape index (κ1) is 15.6. The molecule has 4 nitrogen and oxygen atoms in total. The number of aromatic nitrogens is 1. The first-order valence-corrected chi connectivity index (χ1v) is 6.38. The Bertz CT molecular complexity index is 424. The molecule has 0 bridgehead atoms. The molecule has 0 saturated heterocycles. The van der Waals surface area contributed by atoms with Crippen LogP contribution in [0.15, 0.2) is 18.5 Å². The van der Waals surface area contributed by atoms with Crippen molar-refractivity contribution >= 4 is 5.97 Å². The molecule has 0 aliphatic rings. The van der Waals surface area contributed by atoms with Crippen LogP contribution < -0.4 is 5.32 Å². The third kappa shape index (κ3) is 4.95. The van der Waals surface area contributed by atoms with Crippen molar-refractivity contribution in [3.63, 3.8) is 0 Å². The van der Waals surface area contributed by atoms with Crippen LogP contribution >= 0.6 is 0 Å². The molecule has 1 aromatic heterocycles. The molecule has 0 saturated carbocycles. The molecule has 1 aromatic rings. The minimum atomic E-state index is -0.400. The Labute approximate surface area is 113 Å². The number of pyridine rings is 1. The standard InChI is InChI=1S/C14H21FN2O2/c1-9(2)5-13(14(18)19-4)17-10(3)11-6-12(15)8-16-7-11/h6-10,13,17H,5H2,1-4H3. The molecule has 1 rings (SSSR count). The molecular formula is C14H21FN2O2. The highest BCUT2D eigenvalue weighted by Crippen LogP contribution is 2.15. The Balaban J connectivity index is 2.75. The molecule has 0 radical (unpaired) electrons. The van der Waals surface area contributed by atoms with Gasteiger partial charge in [-0.05, 0) is 30.9 Å². The monoisotopic (exact) mass is 268 g/mol. The number of nitrogens with one attached hydrogen (secondary N) is 1. The van der Waals surface area contributed by atoms with Gasteiger partial charge in [0, 0.05) is 12.2 Å². The maximum atomic E-state index is 13.1. The van der Waals surface area contributed by atoms with Crippen molar-refractivity contribution < 1.29 is 13.9 Å². The summed E-state index contributed by atoms with van der Waals surface area (Å²) in [5.74, 6) is -0.330. The summed E-state index contributed by atoms with van der Waals surface area (Å²) < 4.78 is 17.9. The predicted octanol–water partition coefficient (Wildman–Crippen LogP) is 2.46. The summed E-state index contributed by atoms with van der Waals surface area (Å²) in [5, 5.41) is 3.16. The smallest absolute Gasteiger partial charge is 0.322 e. The third-order valence-electron chi connectivity index (χ3n) is 2.87. The topological polar surface area (TPSA) is 51.2 Å². The van der Waals surface area contributed by atoms with Gasteiger partial charge in [0.2, 0.25) is 0 Å². The van der Waals surface area contributed by atoms with Crippen LogP contribution in [-0.2, 0) is 9.53 Å². The second-order valence-electron chi connectivity index (χ2n) is 5.03.